The fraction of sp³-hybridized carbons (Fsp3) is 0.132. The van der Waals surface area contributed by atoms with Crippen LogP contribution in [-0.2, 0) is 19.6 Å². The van der Waals surface area contributed by atoms with Gasteiger partial charge in [-0.25, -0.2) is 4.48 Å². The molecule has 2 heterocycles. The van der Waals surface area contributed by atoms with Gasteiger partial charge in [-0.2, -0.15) is 0 Å². The van der Waals surface area contributed by atoms with Gasteiger partial charge in [0.2, 0.25) is 0 Å². The molecule has 0 fully saturated rings. The number of benzene rings is 5. The van der Waals surface area contributed by atoms with Crippen molar-refractivity contribution in [3.63, 3.8) is 0 Å². The summed E-state index contributed by atoms with van der Waals surface area (Å²) in [5.74, 6) is 1.35. The fourth-order valence-corrected chi connectivity index (χ4v) is 7.31. The highest BCUT2D eigenvalue weighted by Crippen LogP contribution is 2.48. The van der Waals surface area contributed by atoms with Crippen LogP contribution in [0.4, 0.5) is 0 Å². The minimum Gasteiger partial charge on any atom is -0.248 e. The van der Waals surface area contributed by atoms with E-state index in [1.807, 2.05) is 0 Å². The molecular formula is C38H31N+2. The Morgan fingerprint density at radius 2 is 1.31 bits per heavy atom. The molecule has 186 valence electrons. The van der Waals surface area contributed by atoms with E-state index in [1.54, 1.807) is 0 Å². The van der Waals surface area contributed by atoms with Gasteiger partial charge in [0.05, 0.1) is 5.57 Å². The summed E-state index contributed by atoms with van der Waals surface area (Å²) in [4.78, 5) is 0. The van der Waals surface area contributed by atoms with Gasteiger partial charge in [0.15, 0.2) is 11.8 Å². The molecule has 0 unspecified atom stereocenters. The summed E-state index contributed by atoms with van der Waals surface area (Å²) < 4.78 is 0.881. The molecule has 3 aliphatic rings. The highest BCUT2D eigenvalue weighted by molar-refractivity contribution is 6.08. The van der Waals surface area contributed by atoms with Gasteiger partial charge < -0.3 is 0 Å². The summed E-state index contributed by atoms with van der Waals surface area (Å²) in [6, 6.07) is 34.2. The van der Waals surface area contributed by atoms with Gasteiger partial charge in [-0.3, -0.25) is 0 Å². The summed E-state index contributed by atoms with van der Waals surface area (Å²) in [6.07, 6.45) is 9.41. The zero-order chi connectivity index (χ0) is 26.1. The molecule has 1 aliphatic carbocycles. The number of rotatable bonds is 0. The highest BCUT2D eigenvalue weighted by atomic mass is 15.3. The van der Waals surface area contributed by atoms with Gasteiger partial charge in [0.25, 0.3) is 0 Å². The van der Waals surface area contributed by atoms with Crippen LogP contribution in [0.1, 0.15) is 34.7 Å². The van der Waals surface area contributed by atoms with Crippen LogP contribution in [0, 0.1) is 12.8 Å². The Kier molecular flexibility index (Phi) is 4.84. The first-order chi connectivity index (χ1) is 19.1. The zero-order valence-electron chi connectivity index (χ0n) is 22.5. The Hall–Kier alpha value is -4.33. The van der Waals surface area contributed by atoms with Crippen molar-refractivity contribution in [2.24, 2.45) is 0 Å². The lowest BCUT2D eigenvalue weighted by atomic mass is 9.84. The monoisotopic (exact) mass is 501 g/mol. The lowest BCUT2D eigenvalue weighted by Crippen LogP contribution is -2.40. The minimum atomic E-state index is 0.881. The van der Waals surface area contributed by atoms with E-state index >= 15 is 0 Å². The van der Waals surface area contributed by atoms with E-state index in [0.717, 1.165) is 24.1 Å². The third kappa shape index (κ3) is 3.40. The molecule has 1 heteroatoms. The largest absolute Gasteiger partial charge is 0.248 e. The van der Waals surface area contributed by atoms with Crippen molar-refractivity contribution >= 4 is 27.1 Å². The van der Waals surface area contributed by atoms with Crippen molar-refractivity contribution < 1.29 is 4.48 Å². The van der Waals surface area contributed by atoms with Crippen LogP contribution in [0.2, 0.25) is 0 Å². The van der Waals surface area contributed by atoms with E-state index in [-0.39, 0.29) is 0 Å². The van der Waals surface area contributed by atoms with Gasteiger partial charge >= 0.3 is 0 Å². The predicted molar refractivity (Wildman–Crippen MR) is 164 cm³/mol. The van der Waals surface area contributed by atoms with Crippen LogP contribution in [-0.4, -0.2) is 4.48 Å². The number of aryl methyl sites for hydroxylation is 1. The van der Waals surface area contributed by atoms with Crippen molar-refractivity contribution in [3.8, 4) is 11.1 Å². The topological polar surface area (TPSA) is 0 Å². The Morgan fingerprint density at radius 1 is 0.667 bits per heavy atom. The van der Waals surface area contributed by atoms with Gasteiger partial charge in [-0.15, -0.1) is 0 Å². The molecule has 0 aromatic heterocycles. The number of quaternary nitrogens is 1. The van der Waals surface area contributed by atoms with Gasteiger partial charge in [-0.05, 0) is 58.1 Å². The Bertz CT molecular complexity index is 1830. The average Bonchev–Trinajstić information content (AvgIpc) is 3.19. The standard InChI is InChI=1S/C38H31N/c1-25-9-7-15-33-34-16-8-10-26(2)36(34)24-39(23-35(25)33)21-29-19-17-27-11-3-5-13-31(27)37(29)38-30(22-39)20-18-28-12-4-6-14-32(28)38/h3-20,23H,21-22,24H2,1-2H3/q+2. The highest BCUT2D eigenvalue weighted by Gasteiger charge is 2.42. The molecule has 8 rings (SSSR count). The average molecular weight is 502 g/mol. The van der Waals surface area contributed by atoms with Crippen molar-refractivity contribution in [3.05, 3.63) is 155 Å². The summed E-state index contributed by atoms with van der Waals surface area (Å²) in [6.45, 7) is 7.47. The Morgan fingerprint density at radius 3 is 1.97 bits per heavy atom. The maximum Gasteiger partial charge on any atom is 0.179 e. The van der Waals surface area contributed by atoms with Gasteiger partial charge in [-0.1, -0.05) is 84.9 Å². The van der Waals surface area contributed by atoms with Crippen LogP contribution in [0.5, 0.6) is 0 Å². The first-order valence-electron chi connectivity index (χ1n) is 14.0. The lowest BCUT2D eigenvalue weighted by Gasteiger charge is -2.32. The van der Waals surface area contributed by atoms with E-state index in [0.29, 0.717) is 0 Å². The number of allylic oxidation sites excluding steroid dienone is 5. The summed E-state index contributed by atoms with van der Waals surface area (Å²) in [5, 5.41) is 5.34. The molecule has 0 saturated heterocycles. The number of fused-ring (bicyclic) bond motifs is 10. The van der Waals surface area contributed by atoms with Crippen LogP contribution in [0.15, 0.2) is 121 Å². The first-order valence-corrected chi connectivity index (χ1v) is 14.0. The van der Waals surface area contributed by atoms with Crippen molar-refractivity contribution in [1.29, 1.82) is 0 Å². The van der Waals surface area contributed by atoms with Crippen molar-refractivity contribution in [1.82, 2.24) is 0 Å². The molecule has 0 amide bonds. The Labute approximate surface area is 230 Å². The van der Waals surface area contributed by atoms with Crippen LogP contribution in [0.3, 0.4) is 0 Å². The number of nitrogens with zero attached hydrogens (tertiary/aromatic N) is 1. The molecule has 5 aromatic carbocycles. The van der Waals surface area contributed by atoms with Crippen LogP contribution < -0.4 is 0 Å². The molecular weight excluding hydrogens is 470 g/mol. The van der Waals surface area contributed by atoms with Gasteiger partial charge in [0.1, 0.15) is 19.6 Å². The number of hydrogen-bond donors (Lipinski definition) is 0. The second kappa shape index (κ2) is 8.33. The summed E-state index contributed by atoms with van der Waals surface area (Å²) in [5.41, 5.74) is 12.7. The van der Waals surface area contributed by atoms with E-state index < -0.39 is 0 Å². The second-order valence-corrected chi connectivity index (χ2v) is 11.6. The molecule has 39 heavy (non-hydrogen) atoms. The van der Waals surface area contributed by atoms with Gasteiger partial charge in [0, 0.05) is 46.4 Å². The van der Waals surface area contributed by atoms with E-state index in [4.69, 9.17) is 0 Å². The van der Waals surface area contributed by atoms with E-state index in [1.165, 1.54) is 77.6 Å². The molecule has 1 spiro atoms. The minimum absolute atomic E-state index is 0.881. The van der Waals surface area contributed by atoms with Crippen LogP contribution in [0.25, 0.3) is 38.2 Å². The summed E-state index contributed by atoms with van der Waals surface area (Å²) in [7, 11) is 0. The normalized spacial score (nSPS) is 17.0. The maximum absolute atomic E-state index is 2.60. The van der Waals surface area contributed by atoms with Crippen molar-refractivity contribution in [2.45, 2.75) is 33.5 Å². The predicted octanol–water partition coefficient (Wildman–Crippen LogP) is 9.44. The SMILES string of the molecule is Cc1cccc2c1C[N+]1(C=C3C2=CC=C[C+]3C)Cc2ccc3ccccc3c2-c2c(ccc3ccccc23)C1. The fourth-order valence-electron chi connectivity index (χ4n) is 7.31. The molecule has 0 bridgehead atoms. The van der Waals surface area contributed by atoms with E-state index in [9.17, 15) is 0 Å². The molecule has 1 nitrogen and oxygen atoms in total. The molecule has 0 atom stereocenters. The molecule has 0 N–H and O–H groups in total. The third-order valence-electron chi connectivity index (χ3n) is 9.15. The quantitative estimate of drug-likeness (QED) is 0.146. The maximum atomic E-state index is 2.60. The molecule has 0 saturated carbocycles. The van der Waals surface area contributed by atoms with Crippen LogP contribution >= 0.6 is 0 Å². The number of hydrogen-bond acceptors (Lipinski definition) is 0. The zero-order valence-corrected chi connectivity index (χ0v) is 22.5. The smallest absolute Gasteiger partial charge is 0.179 e. The second-order valence-electron chi connectivity index (χ2n) is 11.6. The summed E-state index contributed by atoms with van der Waals surface area (Å²) >= 11 is 0. The lowest BCUT2D eigenvalue weighted by molar-refractivity contribution is -0.919. The first kappa shape index (κ1) is 22.6. The van der Waals surface area contributed by atoms with E-state index in [2.05, 4.69) is 129 Å². The molecule has 5 aromatic rings. The Balaban J connectivity index is 1.47. The molecule has 2 aliphatic heterocycles. The molecule has 0 radical (unpaired) electrons. The van der Waals surface area contributed by atoms with Crippen molar-refractivity contribution in [2.75, 3.05) is 0 Å². The third-order valence-corrected chi connectivity index (χ3v) is 9.15.